The van der Waals surface area contributed by atoms with Gasteiger partial charge in [0.05, 0.1) is 13.7 Å². The molecule has 0 fully saturated rings. The normalized spacial score (nSPS) is 12.4. The minimum atomic E-state index is -0.0900. The molecule has 0 aliphatic carbocycles. The number of carbonyl (C=O) groups excluding carboxylic acids is 1. The van der Waals surface area contributed by atoms with E-state index in [1.165, 1.54) is 11.3 Å². The van der Waals surface area contributed by atoms with Gasteiger partial charge in [0.15, 0.2) is 5.78 Å². The Labute approximate surface area is 124 Å². The van der Waals surface area contributed by atoms with Crippen LogP contribution in [0.25, 0.3) is 0 Å². The van der Waals surface area contributed by atoms with Crippen molar-refractivity contribution in [1.29, 1.82) is 0 Å². The molecule has 1 atom stereocenters. The molecule has 0 saturated heterocycles. The fourth-order valence-corrected chi connectivity index (χ4v) is 3.59. The third-order valence-corrected chi connectivity index (χ3v) is 5.30. The number of hydrogen-bond acceptors (Lipinski definition) is 2. The SMILES string of the molecule is CCC(C(=O)c1cc(Cl)c(Br)s1)c1ccccc1. The van der Waals surface area contributed by atoms with E-state index in [1.54, 1.807) is 6.07 Å². The van der Waals surface area contributed by atoms with E-state index in [9.17, 15) is 4.79 Å². The Morgan fingerprint density at radius 1 is 1.39 bits per heavy atom. The summed E-state index contributed by atoms with van der Waals surface area (Å²) in [5.74, 6) is 0.0501. The molecule has 1 unspecified atom stereocenters. The predicted octanol–water partition coefficient (Wildman–Crippen LogP) is 5.54. The Kier molecular flexibility index (Phi) is 4.60. The summed E-state index contributed by atoms with van der Waals surface area (Å²) in [7, 11) is 0. The average molecular weight is 344 g/mol. The van der Waals surface area contributed by atoms with Crippen LogP contribution in [0.15, 0.2) is 40.2 Å². The van der Waals surface area contributed by atoms with Crippen LogP contribution in [0.3, 0.4) is 0 Å². The third kappa shape index (κ3) is 2.85. The largest absolute Gasteiger partial charge is 0.293 e. The fourth-order valence-electron chi connectivity index (χ4n) is 1.90. The van der Waals surface area contributed by atoms with Gasteiger partial charge in [-0.15, -0.1) is 11.3 Å². The van der Waals surface area contributed by atoms with Crippen molar-refractivity contribution in [3.05, 3.63) is 55.6 Å². The molecule has 0 spiro atoms. The second-order valence-corrected chi connectivity index (χ2v) is 6.75. The van der Waals surface area contributed by atoms with Gasteiger partial charge in [-0.05, 0) is 34.0 Å². The van der Waals surface area contributed by atoms with E-state index in [0.717, 1.165) is 15.8 Å². The molecule has 2 rings (SSSR count). The summed E-state index contributed by atoms with van der Waals surface area (Å²) in [5.41, 5.74) is 1.06. The monoisotopic (exact) mass is 342 g/mol. The van der Waals surface area contributed by atoms with Crippen LogP contribution in [-0.4, -0.2) is 5.78 Å². The van der Waals surface area contributed by atoms with E-state index in [0.29, 0.717) is 9.90 Å². The molecular formula is C14H12BrClOS. The van der Waals surface area contributed by atoms with Gasteiger partial charge in [0.25, 0.3) is 0 Å². The van der Waals surface area contributed by atoms with E-state index >= 15 is 0 Å². The Hall–Kier alpha value is -0.640. The van der Waals surface area contributed by atoms with Crippen molar-refractivity contribution in [2.24, 2.45) is 0 Å². The summed E-state index contributed by atoms with van der Waals surface area (Å²) in [6.07, 6.45) is 0.788. The van der Waals surface area contributed by atoms with Crippen molar-refractivity contribution >= 4 is 44.7 Å². The summed E-state index contributed by atoms with van der Waals surface area (Å²) in [6.45, 7) is 2.03. The maximum Gasteiger partial charge on any atom is 0.180 e. The van der Waals surface area contributed by atoms with E-state index in [-0.39, 0.29) is 11.7 Å². The number of benzene rings is 1. The summed E-state index contributed by atoms with van der Waals surface area (Å²) in [6, 6.07) is 11.6. The first kappa shape index (κ1) is 13.8. The van der Waals surface area contributed by atoms with Crippen LogP contribution < -0.4 is 0 Å². The predicted molar refractivity (Wildman–Crippen MR) is 80.8 cm³/mol. The molecule has 1 heterocycles. The molecule has 94 valence electrons. The maximum atomic E-state index is 12.5. The standard InChI is InChI=1S/C14H12BrClOS/c1-2-10(9-6-4-3-5-7-9)13(17)12-8-11(16)14(15)18-12/h3-8,10H,2H2,1H3. The van der Waals surface area contributed by atoms with Crippen LogP contribution in [0.4, 0.5) is 0 Å². The van der Waals surface area contributed by atoms with Gasteiger partial charge in [0.2, 0.25) is 0 Å². The molecule has 0 aliphatic heterocycles. The zero-order valence-corrected chi connectivity index (χ0v) is 13.0. The lowest BCUT2D eigenvalue weighted by Crippen LogP contribution is -2.10. The number of ketones is 1. The minimum Gasteiger partial charge on any atom is -0.293 e. The molecule has 0 N–H and O–H groups in total. The summed E-state index contributed by atoms with van der Waals surface area (Å²) >= 11 is 10.7. The molecule has 1 aromatic heterocycles. The summed E-state index contributed by atoms with van der Waals surface area (Å²) < 4.78 is 0.815. The quantitative estimate of drug-likeness (QED) is 0.666. The average Bonchev–Trinajstić information content (AvgIpc) is 2.72. The van der Waals surface area contributed by atoms with Crippen molar-refractivity contribution in [1.82, 2.24) is 0 Å². The Morgan fingerprint density at radius 3 is 2.56 bits per heavy atom. The van der Waals surface area contributed by atoms with Crippen molar-refractivity contribution < 1.29 is 4.79 Å². The van der Waals surface area contributed by atoms with Gasteiger partial charge in [-0.25, -0.2) is 0 Å². The number of Topliss-reactive ketones (excluding diaryl/α,β-unsaturated/α-hetero) is 1. The number of halogens is 2. The summed E-state index contributed by atoms with van der Waals surface area (Å²) in [4.78, 5) is 13.2. The molecule has 2 aromatic rings. The van der Waals surface area contributed by atoms with Gasteiger partial charge in [-0.1, -0.05) is 48.9 Å². The van der Waals surface area contributed by atoms with E-state index in [1.807, 2.05) is 37.3 Å². The number of carbonyl (C=O) groups is 1. The van der Waals surface area contributed by atoms with Crippen molar-refractivity contribution in [3.63, 3.8) is 0 Å². The maximum absolute atomic E-state index is 12.5. The first-order chi connectivity index (χ1) is 8.63. The summed E-state index contributed by atoms with van der Waals surface area (Å²) in [5, 5.41) is 0.603. The molecule has 0 aliphatic rings. The molecule has 0 radical (unpaired) electrons. The molecule has 18 heavy (non-hydrogen) atoms. The Bertz CT molecular complexity index is 531. The number of thiophene rings is 1. The number of rotatable bonds is 4. The molecule has 4 heteroatoms. The highest BCUT2D eigenvalue weighted by Gasteiger charge is 2.22. The zero-order chi connectivity index (χ0) is 13.1. The highest BCUT2D eigenvalue weighted by Crippen LogP contribution is 2.35. The van der Waals surface area contributed by atoms with E-state index < -0.39 is 0 Å². The van der Waals surface area contributed by atoms with Gasteiger partial charge < -0.3 is 0 Å². The van der Waals surface area contributed by atoms with Crippen LogP contribution in [0.1, 0.15) is 34.5 Å². The molecule has 0 amide bonds. The first-order valence-corrected chi connectivity index (χ1v) is 7.66. The highest BCUT2D eigenvalue weighted by molar-refractivity contribution is 9.11. The van der Waals surface area contributed by atoms with Crippen LogP contribution in [-0.2, 0) is 0 Å². The zero-order valence-electron chi connectivity index (χ0n) is 9.82. The van der Waals surface area contributed by atoms with Crippen molar-refractivity contribution in [2.75, 3.05) is 0 Å². The molecule has 0 saturated carbocycles. The smallest absolute Gasteiger partial charge is 0.180 e. The molecule has 0 bridgehead atoms. The van der Waals surface area contributed by atoms with Gasteiger partial charge in [0.1, 0.15) is 0 Å². The lowest BCUT2D eigenvalue weighted by Gasteiger charge is -2.12. The Morgan fingerprint density at radius 2 is 2.06 bits per heavy atom. The molecular weight excluding hydrogens is 332 g/mol. The van der Waals surface area contributed by atoms with Gasteiger partial charge >= 0.3 is 0 Å². The second-order valence-electron chi connectivity index (χ2n) is 3.97. The van der Waals surface area contributed by atoms with Crippen LogP contribution in [0.5, 0.6) is 0 Å². The lowest BCUT2D eigenvalue weighted by molar-refractivity contribution is 0.0961. The van der Waals surface area contributed by atoms with Gasteiger partial charge in [-0.2, -0.15) is 0 Å². The number of hydrogen-bond donors (Lipinski definition) is 0. The molecule has 1 nitrogen and oxygen atoms in total. The fraction of sp³-hybridized carbons (Fsp3) is 0.214. The minimum absolute atomic E-state index is 0.0900. The Balaban J connectivity index is 2.31. The van der Waals surface area contributed by atoms with Crippen LogP contribution >= 0.6 is 38.9 Å². The molecule has 1 aromatic carbocycles. The van der Waals surface area contributed by atoms with Crippen LogP contribution in [0.2, 0.25) is 5.02 Å². The van der Waals surface area contributed by atoms with Crippen LogP contribution in [0, 0.1) is 0 Å². The topological polar surface area (TPSA) is 17.1 Å². The van der Waals surface area contributed by atoms with Crippen molar-refractivity contribution in [3.8, 4) is 0 Å². The van der Waals surface area contributed by atoms with Crippen molar-refractivity contribution in [2.45, 2.75) is 19.3 Å². The van der Waals surface area contributed by atoms with Gasteiger partial charge in [0, 0.05) is 5.92 Å². The van der Waals surface area contributed by atoms with Gasteiger partial charge in [-0.3, -0.25) is 4.79 Å². The van der Waals surface area contributed by atoms with E-state index in [4.69, 9.17) is 11.6 Å². The first-order valence-electron chi connectivity index (χ1n) is 5.67. The highest BCUT2D eigenvalue weighted by atomic mass is 79.9. The third-order valence-electron chi connectivity index (χ3n) is 2.81. The van der Waals surface area contributed by atoms with E-state index in [2.05, 4.69) is 15.9 Å². The second kappa shape index (κ2) is 6.00. The lowest BCUT2D eigenvalue weighted by atomic mass is 9.91.